The molecule has 0 spiro atoms. The lowest BCUT2D eigenvalue weighted by molar-refractivity contribution is 0.269. The fourth-order valence-electron chi connectivity index (χ4n) is 1.91. The van der Waals surface area contributed by atoms with Crippen molar-refractivity contribution in [3.63, 3.8) is 0 Å². The van der Waals surface area contributed by atoms with Gasteiger partial charge in [-0.1, -0.05) is 30.3 Å². The van der Waals surface area contributed by atoms with E-state index in [1.807, 2.05) is 69.6 Å². The molecule has 0 bridgehead atoms. The zero-order valence-electron chi connectivity index (χ0n) is 13.3. The second-order valence-corrected chi connectivity index (χ2v) is 5.01. The van der Waals surface area contributed by atoms with Gasteiger partial charge < -0.3 is 14.5 Å². The van der Waals surface area contributed by atoms with Gasteiger partial charge in [0.05, 0.1) is 12.8 Å². The van der Waals surface area contributed by atoms with Crippen molar-refractivity contribution in [2.75, 3.05) is 20.7 Å². The van der Waals surface area contributed by atoms with Crippen LogP contribution in [0, 0.1) is 0 Å². The lowest BCUT2D eigenvalue weighted by Gasteiger charge is -2.13. The number of benzene rings is 2. The molecular formula is C18H22N2O2. The van der Waals surface area contributed by atoms with Crippen LogP contribution < -0.4 is 9.47 Å². The van der Waals surface area contributed by atoms with Gasteiger partial charge in [-0.3, -0.25) is 0 Å². The molecule has 0 saturated carbocycles. The minimum absolute atomic E-state index is 0.520. The summed E-state index contributed by atoms with van der Waals surface area (Å²) in [5.41, 5.74) is 2.10. The zero-order chi connectivity index (χ0) is 15.8. The molecule has 0 amide bonds. The lowest BCUT2D eigenvalue weighted by atomic mass is 10.2. The summed E-state index contributed by atoms with van der Waals surface area (Å²) in [7, 11) is 3.77. The topological polar surface area (TPSA) is 34.1 Å². The predicted octanol–water partition coefficient (Wildman–Crippen LogP) is 3.56. The average Bonchev–Trinajstić information content (AvgIpc) is 2.53. The molecule has 116 valence electrons. The highest BCUT2D eigenvalue weighted by Gasteiger charge is 2.06. The van der Waals surface area contributed by atoms with Gasteiger partial charge in [-0.15, -0.1) is 0 Å². The maximum atomic E-state index is 5.88. The van der Waals surface area contributed by atoms with Crippen molar-refractivity contribution in [2.24, 2.45) is 5.10 Å². The number of hydrogen-bond donors (Lipinski definition) is 0. The van der Waals surface area contributed by atoms with Gasteiger partial charge in [-0.25, -0.2) is 0 Å². The van der Waals surface area contributed by atoms with Crippen LogP contribution in [0.25, 0.3) is 0 Å². The maximum absolute atomic E-state index is 5.88. The first-order valence-electron chi connectivity index (χ1n) is 7.34. The number of hydrazone groups is 1. The molecule has 0 fully saturated rings. The fraction of sp³-hybridized carbons (Fsp3) is 0.278. The van der Waals surface area contributed by atoms with Crippen LogP contribution in [-0.2, 0) is 6.61 Å². The van der Waals surface area contributed by atoms with Crippen LogP contribution in [0.15, 0.2) is 53.6 Å². The van der Waals surface area contributed by atoms with Crippen molar-refractivity contribution >= 4 is 6.21 Å². The number of nitrogens with zero attached hydrogens (tertiary/aromatic N) is 2. The molecule has 4 heteroatoms. The van der Waals surface area contributed by atoms with Crippen LogP contribution in [0.2, 0.25) is 0 Å². The summed E-state index contributed by atoms with van der Waals surface area (Å²) in [4.78, 5) is 0. The third-order valence-corrected chi connectivity index (χ3v) is 2.94. The van der Waals surface area contributed by atoms with Crippen LogP contribution in [0.5, 0.6) is 11.5 Å². The Morgan fingerprint density at radius 1 is 1.00 bits per heavy atom. The van der Waals surface area contributed by atoms with Gasteiger partial charge in [0.2, 0.25) is 0 Å². The van der Waals surface area contributed by atoms with E-state index in [1.165, 1.54) is 0 Å². The molecule has 0 aliphatic carbocycles. The molecule has 0 atom stereocenters. The Bertz CT molecular complexity index is 610. The highest BCUT2D eigenvalue weighted by molar-refractivity contribution is 5.80. The van der Waals surface area contributed by atoms with Crippen LogP contribution in [0.4, 0.5) is 0 Å². The third-order valence-electron chi connectivity index (χ3n) is 2.94. The second kappa shape index (κ2) is 8.08. The number of ether oxygens (including phenoxy) is 2. The maximum Gasteiger partial charge on any atom is 0.161 e. The van der Waals surface area contributed by atoms with Gasteiger partial charge in [0.25, 0.3) is 0 Å². The molecule has 0 aliphatic rings. The van der Waals surface area contributed by atoms with Crippen molar-refractivity contribution in [1.29, 1.82) is 0 Å². The zero-order valence-corrected chi connectivity index (χ0v) is 13.3. The lowest BCUT2D eigenvalue weighted by Crippen LogP contribution is -2.03. The Morgan fingerprint density at radius 2 is 1.77 bits per heavy atom. The quantitative estimate of drug-likeness (QED) is 0.579. The first kappa shape index (κ1) is 15.9. The molecule has 0 heterocycles. The smallest absolute Gasteiger partial charge is 0.161 e. The van der Waals surface area contributed by atoms with Crippen LogP contribution in [0.3, 0.4) is 0 Å². The molecule has 0 aliphatic heterocycles. The second-order valence-electron chi connectivity index (χ2n) is 5.01. The van der Waals surface area contributed by atoms with Gasteiger partial charge >= 0.3 is 0 Å². The van der Waals surface area contributed by atoms with Gasteiger partial charge in [-0.05, 0) is 36.2 Å². The normalized spacial score (nSPS) is 10.7. The Balaban J connectivity index is 2.12. The van der Waals surface area contributed by atoms with Gasteiger partial charge in [0, 0.05) is 14.1 Å². The summed E-state index contributed by atoms with van der Waals surface area (Å²) >= 11 is 0. The van der Waals surface area contributed by atoms with E-state index >= 15 is 0 Å². The first-order valence-corrected chi connectivity index (χ1v) is 7.34. The molecule has 4 nitrogen and oxygen atoms in total. The van der Waals surface area contributed by atoms with E-state index in [-0.39, 0.29) is 0 Å². The average molecular weight is 298 g/mol. The Morgan fingerprint density at radius 3 is 2.45 bits per heavy atom. The number of hydrogen-bond acceptors (Lipinski definition) is 4. The molecule has 0 saturated heterocycles. The van der Waals surface area contributed by atoms with Crippen molar-refractivity contribution in [3.8, 4) is 11.5 Å². The molecule has 2 rings (SSSR count). The Kier molecular flexibility index (Phi) is 5.83. The summed E-state index contributed by atoms with van der Waals surface area (Å²) in [5.74, 6) is 1.48. The highest BCUT2D eigenvalue weighted by atomic mass is 16.5. The van der Waals surface area contributed by atoms with Crippen LogP contribution >= 0.6 is 0 Å². The minimum Gasteiger partial charge on any atom is -0.490 e. The molecule has 0 N–H and O–H groups in total. The van der Waals surface area contributed by atoms with E-state index in [0.717, 1.165) is 22.6 Å². The summed E-state index contributed by atoms with van der Waals surface area (Å²) in [5, 5.41) is 5.98. The SMILES string of the molecule is CCOc1cc(C=NN(C)C)ccc1OCc1ccccc1. The summed E-state index contributed by atoms with van der Waals surface area (Å²) in [6, 6.07) is 15.9. The van der Waals surface area contributed by atoms with E-state index in [4.69, 9.17) is 9.47 Å². The highest BCUT2D eigenvalue weighted by Crippen LogP contribution is 2.28. The largest absolute Gasteiger partial charge is 0.490 e. The van der Waals surface area contributed by atoms with E-state index in [9.17, 15) is 0 Å². The van der Waals surface area contributed by atoms with Crippen LogP contribution in [0.1, 0.15) is 18.1 Å². The standard InChI is InChI=1S/C18H22N2O2/c1-4-21-18-12-16(13-19-20(2)3)10-11-17(18)22-14-15-8-6-5-7-9-15/h5-13H,4,14H2,1-3H3. The number of rotatable bonds is 7. The fourth-order valence-corrected chi connectivity index (χ4v) is 1.91. The summed E-state index contributed by atoms with van der Waals surface area (Å²) < 4.78 is 11.5. The molecule has 0 radical (unpaired) electrons. The summed E-state index contributed by atoms with van der Waals surface area (Å²) in [6.45, 7) is 3.07. The molecule has 2 aromatic carbocycles. The monoisotopic (exact) mass is 298 g/mol. The van der Waals surface area contributed by atoms with Gasteiger partial charge in [0.1, 0.15) is 6.61 Å². The van der Waals surface area contributed by atoms with Gasteiger partial charge in [0.15, 0.2) is 11.5 Å². The van der Waals surface area contributed by atoms with Crippen molar-refractivity contribution < 1.29 is 9.47 Å². The molecule has 22 heavy (non-hydrogen) atoms. The predicted molar refractivity (Wildman–Crippen MR) is 89.7 cm³/mol. The van der Waals surface area contributed by atoms with Crippen molar-refractivity contribution in [1.82, 2.24) is 5.01 Å². The molecule has 2 aromatic rings. The third kappa shape index (κ3) is 4.81. The van der Waals surface area contributed by atoms with E-state index < -0.39 is 0 Å². The Hall–Kier alpha value is -2.49. The molecular weight excluding hydrogens is 276 g/mol. The first-order chi connectivity index (χ1) is 10.7. The van der Waals surface area contributed by atoms with E-state index in [0.29, 0.717) is 13.2 Å². The minimum atomic E-state index is 0.520. The van der Waals surface area contributed by atoms with E-state index in [1.54, 1.807) is 11.2 Å². The Labute approximate surface area is 132 Å². The van der Waals surface area contributed by atoms with Gasteiger partial charge in [-0.2, -0.15) is 5.10 Å². The van der Waals surface area contributed by atoms with E-state index in [2.05, 4.69) is 5.10 Å². The molecule has 0 aromatic heterocycles. The molecule has 0 unspecified atom stereocenters. The van der Waals surface area contributed by atoms with Crippen molar-refractivity contribution in [2.45, 2.75) is 13.5 Å². The summed E-state index contributed by atoms with van der Waals surface area (Å²) in [6.07, 6.45) is 1.80. The van der Waals surface area contributed by atoms with Crippen molar-refractivity contribution in [3.05, 3.63) is 59.7 Å². The van der Waals surface area contributed by atoms with Crippen LogP contribution in [-0.4, -0.2) is 31.9 Å².